The van der Waals surface area contributed by atoms with Crippen LogP contribution in [0.3, 0.4) is 0 Å². The highest BCUT2D eigenvalue weighted by atomic mass is 32.2. The van der Waals surface area contributed by atoms with Crippen LogP contribution in [0.1, 0.15) is 0 Å². The first-order valence-corrected chi connectivity index (χ1v) is 9.72. The summed E-state index contributed by atoms with van der Waals surface area (Å²) >= 11 is 2.74. The Morgan fingerprint density at radius 3 is 2.78 bits per heavy atom. The highest BCUT2D eigenvalue weighted by Crippen LogP contribution is 2.34. The molecule has 0 aliphatic carbocycles. The van der Waals surface area contributed by atoms with E-state index in [1.54, 1.807) is 12.1 Å². The van der Waals surface area contributed by atoms with Crippen molar-refractivity contribution in [1.29, 1.82) is 0 Å². The summed E-state index contributed by atoms with van der Waals surface area (Å²) in [6.45, 7) is 0. The number of nitrogens with zero attached hydrogens (tertiary/aromatic N) is 4. The van der Waals surface area contributed by atoms with Crippen LogP contribution in [0, 0.1) is 11.3 Å². The first-order chi connectivity index (χ1) is 13.3. The number of hydrogen-bond donors (Lipinski definition) is 0. The van der Waals surface area contributed by atoms with E-state index in [0.717, 1.165) is 37.5 Å². The van der Waals surface area contributed by atoms with Gasteiger partial charge in [-0.3, -0.25) is 0 Å². The van der Waals surface area contributed by atoms with Gasteiger partial charge in [0.05, 0.1) is 16.9 Å². The van der Waals surface area contributed by atoms with E-state index >= 15 is 0 Å². The molecule has 0 saturated heterocycles. The van der Waals surface area contributed by atoms with E-state index in [4.69, 9.17) is 0 Å². The molecule has 2 aromatic carbocycles. The smallest absolute Gasteiger partial charge is 0.155 e. The van der Waals surface area contributed by atoms with Crippen LogP contribution >= 0.6 is 23.1 Å². The normalized spacial score (nSPS) is 11.3. The molecule has 0 aliphatic heterocycles. The molecule has 0 bridgehead atoms. The third-order valence-corrected chi connectivity index (χ3v) is 5.78. The van der Waals surface area contributed by atoms with Gasteiger partial charge in [0.1, 0.15) is 22.5 Å². The average Bonchev–Trinajstić information content (AvgIpc) is 3.17. The Balaban J connectivity index is 1.63. The lowest BCUT2D eigenvalue weighted by molar-refractivity contribution is 0.602. The molecule has 3 aromatic heterocycles. The lowest BCUT2D eigenvalue weighted by atomic mass is 10.1. The molecule has 0 fully saturated rings. The van der Waals surface area contributed by atoms with Crippen LogP contribution in [0.25, 0.3) is 32.6 Å². The van der Waals surface area contributed by atoms with E-state index in [1.165, 1.54) is 35.5 Å². The molecule has 4 nitrogen and oxygen atoms in total. The highest BCUT2D eigenvalue weighted by Gasteiger charge is 2.11. The lowest BCUT2D eigenvalue weighted by Gasteiger charge is -2.08. The summed E-state index contributed by atoms with van der Waals surface area (Å²) in [7, 11) is 0. The maximum absolute atomic E-state index is 14.0. The Morgan fingerprint density at radius 1 is 0.963 bits per heavy atom. The molecule has 5 aromatic rings. The maximum atomic E-state index is 14.0. The van der Waals surface area contributed by atoms with Crippen LogP contribution < -0.4 is 0 Å². The second-order valence-corrected chi connectivity index (χ2v) is 7.65. The number of halogens is 1. The lowest BCUT2D eigenvalue weighted by Crippen LogP contribution is -1.92. The van der Waals surface area contributed by atoms with E-state index in [2.05, 4.69) is 25.4 Å². The molecule has 27 heavy (non-hydrogen) atoms. The van der Waals surface area contributed by atoms with E-state index in [1.807, 2.05) is 36.4 Å². The van der Waals surface area contributed by atoms with Crippen LogP contribution in [0.5, 0.6) is 0 Å². The van der Waals surface area contributed by atoms with Gasteiger partial charge in [0.15, 0.2) is 5.51 Å². The van der Waals surface area contributed by atoms with Gasteiger partial charge < -0.3 is 0 Å². The molecular weight excluding hydrogens is 379 g/mol. The van der Waals surface area contributed by atoms with E-state index in [9.17, 15) is 4.39 Å². The van der Waals surface area contributed by atoms with Gasteiger partial charge in [0.25, 0.3) is 0 Å². The zero-order chi connectivity index (χ0) is 18.2. The minimum atomic E-state index is -0.235. The summed E-state index contributed by atoms with van der Waals surface area (Å²) in [6, 6.07) is 16.4. The molecule has 0 atom stereocenters. The zero-order valence-corrected chi connectivity index (χ0v) is 15.4. The topological polar surface area (TPSA) is 51.6 Å². The number of fused-ring (bicyclic) bond motifs is 2. The second kappa shape index (κ2) is 6.68. The van der Waals surface area contributed by atoms with Gasteiger partial charge in [-0.25, -0.2) is 24.3 Å². The number of hydrogen-bond acceptors (Lipinski definition) is 6. The average molecular weight is 389 g/mol. The first-order valence-electron chi connectivity index (χ1n) is 8.09. The van der Waals surface area contributed by atoms with Crippen molar-refractivity contribution in [2.75, 3.05) is 0 Å². The molecule has 5 rings (SSSR count). The number of benzene rings is 2. The van der Waals surface area contributed by atoms with Crippen molar-refractivity contribution in [1.82, 2.24) is 19.9 Å². The predicted molar refractivity (Wildman–Crippen MR) is 105 cm³/mol. The van der Waals surface area contributed by atoms with Crippen molar-refractivity contribution in [2.45, 2.75) is 9.79 Å². The molecule has 0 amide bonds. The Kier molecular flexibility index (Phi) is 4.03. The van der Waals surface area contributed by atoms with Gasteiger partial charge >= 0.3 is 0 Å². The zero-order valence-electron chi connectivity index (χ0n) is 13.8. The Morgan fingerprint density at radius 2 is 1.85 bits per heavy atom. The monoisotopic (exact) mass is 389 g/mol. The fourth-order valence-corrected chi connectivity index (χ4v) is 4.27. The van der Waals surface area contributed by atoms with Gasteiger partial charge in [-0.2, -0.15) is 0 Å². The Labute approximate surface area is 162 Å². The molecular formula is C20H10FN4S2. The number of aromatic nitrogens is 4. The van der Waals surface area contributed by atoms with Crippen LogP contribution in [-0.2, 0) is 0 Å². The van der Waals surface area contributed by atoms with Gasteiger partial charge in [-0.1, -0.05) is 35.2 Å². The van der Waals surface area contributed by atoms with Crippen molar-refractivity contribution in [3.05, 3.63) is 72.3 Å². The fraction of sp³-hybridized carbons (Fsp3) is 0. The van der Waals surface area contributed by atoms with Crippen molar-refractivity contribution in [3.8, 4) is 11.4 Å². The summed E-state index contributed by atoms with van der Waals surface area (Å²) in [6.07, 6.45) is 1.53. The van der Waals surface area contributed by atoms with Crippen LogP contribution in [0.15, 0.2) is 70.7 Å². The minimum Gasteiger partial charge on any atom is -0.236 e. The summed E-state index contributed by atoms with van der Waals surface area (Å²) in [4.78, 5) is 19.9. The number of thiazole rings is 1. The van der Waals surface area contributed by atoms with E-state index < -0.39 is 0 Å². The molecule has 129 valence electrons. The summed E-state index contributed by atoms with van der Waals surface area (Å²) in [5.41, 5.74) is 5.98. The van der Waals surface area contributed by atoms with Crippen molar-refractivity contribution < 1.29 is 4.39 Å². The summed E-state index contributed by atoms with van der Waals surface area (Å²) in [5.74, 6) is -0.235. The van der Waals surface area contributed by atoms with Gasteiger partial charge in [-0.15, -0.1) is 0 Å². The largest absolute Gasteiger partial charge is 0.236 e. The minimum absolute atomic E-state index is 0.235. The Hall–Kier alpha value is -2.90. The summed E-state index contributed by atoms with van der Waals surface area (Å²) < 4.78 is 14.0. The fourth-order valence-electron chi connectivity index (χ4n) is 2.80. The number of pyridine rings is 1. The third kappa shape index (κ3) is 3.05. The highest BCUT2D eigenvalue weighted by molar-refractivity contribution is 7.99. The first kappa shape index (κ1) is 16.3. The van der Waals surface area contributed by atoms with Crippen LogP contribution in [0.4, 0.5) is 4.39 Å². The van der Waals surface area contributed by atoms with Crippen molar-refractivity contribution in [3.63, 3.8) is 0 Å². The van der Waals surface area contributed by atoms with E-state index in [0.29, 0.717) is 4.90 Å². The quantitative estimate of drug-likeness (QED) is 0.414. The maximum Gasteiger partial charge on any atom is 0.155 e. The van der Waals surface area contributed by atoms with Crippen molar-refractivity contribution in [2.24, 2.45) is 0 Å². The van der Waals surface area contributed by atoms with Gasteiger partial charge in [-0.05, 0) is 42.5 Å². The standard InChI is InChI=1S/C20H10FN4S2/c21-14-3-1-2-4-18(14)27-12-5-6-15-13(9-12)19(23-10-22-15)16-7-8-17-20(25-16)26-11-24-17/h1-10H. The molecule has 0 aliphatic rings. The SMILES string of the molecule is Fc1ccccc1Sc1ccc2ncnc(-c3ccc4n[c]sc4n3)c2c1. The molecule has 3 heterocycles. The van der Waals surface area contributed by atoms with E-state index in [-0.39, 0.29) is 5.82 Å². The third-order valence-electron chi connectivity index (χ3n) is 4.06. The Bertz CT molecular complexity index is 1290. The number of rotatable bonds is 3. The molecule has 0 spiro atoms. The van der Waals surface area contributed by atoms with Gasteiger partial charge in [0.2, 0.25) is 0 Å². The van der Waals surface area contributed by atoms with Gasteiger partial charge in [0, 0.05) is 15.2 Å². The molecule has 0 unspecified atom stereocenters. The second-order valence-electron chi connectivity index (χ2n) is 5.76. The molecule has 7 heteroatoms. The predicted octanol–water partition coefficient (Wildman–Crippen LogP) is 5.39. The molecule has 0 N–H and O–H groups in total. The summed E-state index contributed by atoms with van der Waals surface area (Å²) in [5, 5.41) is 0.874. The van der Waals surface area contributed by atoms with Crippen LogP contribution in [0.2, 0.25) is 0 Å². The van der Waals surface area contributed by atoms with Crippen LogP contribution in [-0.4, -0.2) is 19.9 Å². The van der Waals surface area contributed by atoms with Crippen molar-refractivity contribution >= 4 is 44.3 Å². The molecule has 0 saturated carbocycles. The molecule has 1 radical (unpaired) electrons.